The van der Waals surface area contributed by atoms with Crippen LogP contribution in [0.1, 0.15) is 44.1 Å². The fourth-order valence-electron chi connectivity index (χ4n) is 5.83. The first kappa shape index (κ1) is 31.2. The van der Waals surface area contributed by atoms with Crippen LogP contribution in [0.2, 0.25) is 0 Å². The van der Waals surface area contributed by atoms with Gasteiger partial charge in [-0.05, 0) is 49.1 Å². The average Bonchev–Trinajstić information content (AvgIpc) is 3.62. The lowest BCUT2D eigenvalue weighted by Gasteiger charge is -2.29. The Morgan fingerprint density at radius 2 is 1.79 bits per heavy atom. The van der Waals surface area contributed by atoms with E-state index in [-0.39, 0.29) is 32.5 Å². The number of ether oxygens (including phenoxy) is 5. The Balaban J connectivity index is 1.61. The van der Waals surface area contributed by atoms with Gasteiger partial charge in [0.2, 0.25) is 18.4 Å². The first-order valence-corrected chi connectivity index (χ1v) is 14.5. The van der Waals surface area contributed by atoms with Crippen LogP contribution in [0.3, 0.4) is 0 Å². The van der Waals surface area contributed by atoms with Gasteiger partial charge in [0.15, 0.2) is 23.0 Å². The molecule has 3 atom stereocenters. The van der Waals surface area contributed by atoms with Crippen molar-refractivity contribution in [2.75, 3.05) is 60.4 Å². The number of carbonyl (C=O) groups excluding carboxylic acids is 1. The highest BCUT2D eigenvalue weighted by molar-refractivity contribution is 5.79. The van der Waals surface area contributed by atoms with Crippen molar-refractivity contribution in [1.82, 2.24) is 9.80 Å². The maximum atomic E-state index is 13.6. The number of carboxylic acid groups (broad SMARTS) is 1. The van der Waals surface area contributed by atoms with E-state index in [0.29, 0.717) is 61.2 Å². The zero-order valence-corrected chi connectivity index (χ0v) is 24.6. The van der Waals surface area contributed by atoms with Gasteiger partial charge in [-0.2, -0.15) is 0 Å². The van der Waals surface area contributed by atoms with Crippen molar-refractivity contribution in [2.45, 2.75) is 44.6 Å². The van der Waals surface area contributed by atoms with Gasteiger partial charge in [-0.3, -0.25) is 14.5 Å². The molecule has 2 aromatic carbocycles. The molecule has 0 radical (unpaired) electrons. The van der Waals surface area contributed by atoms with Crippen LogP contribution in [0.25, 0.3) is 0 Å². The number of likely N-dealkylation sites (tertiary alicyclic amines) is 1. The van der Waals surface area contributed by atoms with Gasteiger partial charge < -0.3 is 38.8 Å². The summed E-state index contributed by atoms with van der Waals surface area (Å²) in [5, 5.41) is 19.9. The maximum absolute atomic E-state index is 13.6. The predicted molar refractivity (Wildman–Crippen MR) is 155 cm³/mol. The Labute approximate surface area is 246 Å². The van der Waals surface area contributed by atoms with Crippen molar-refractivity contribution in [2.24, 2.45) is 5.92 Å². The second-order valence-corrected chi connectivity index (χ2v) is 10.5. The molecule has 2 heterocycles. The number of aliphatic hydroxyl groups is 1. The first-order chi connectivity index (χ1) is 20.4. The maximum Gasteiger partial charge on any atom is 0.308 e. The number of methoxy groups -OCH3 is 2. The number of nitrogens with zero attached hydrogens (tertiary/aromatic N) is 2. The van der Waals surface area contributed by atoms with Gasteiger partial charge in [-0.15, -0.1) is 0 Å². The topological polar surface area (TPSA) is 127 Å². The summed E-state index contributed by atoms with van der Waals surface area (Å²) in [4.78, 5) is 30.2. The van der Waals surface area contributed by atoms with E-state index in [1.54, 1.807) is 30.2 Å². The molecule has 11 heteroatoms. The van der Waals surface area contributed by atoms with Crippen molar-refractivity contribution in [3.63, 3.8) is 0 Å². The van der Waals surface area contributed by atoms with Gasteiger partial charge >= 0.3 is 5.97 Å². The first-order valence-electron chi connectivity index (χ1n) is 14.5. The molecule has 0 unspecified atom stereocenters. The Bertz CT molecular complexity index is 1200. The minimum atomic E-state index is -0.947. The standard InChI is InChI=1S/C31H42N2O9/c1-4-5-12-32(13-8-14-34)28(35)19-33-18-22(21-16-26(39-3)30-27(17-21)41-20-42-30)29(31(36)37)23(33)11-15-40-25-10-7-6-9-24(25)38-2/h6-7,9-10,16-17,22-23,29,34H,4-5,8,11-15,18-20H2,1-3H3,(H,36,37)/t22-,23+,29-/m1/s1. The molecular formula is C31H42N2O9. The third-order valence-corrected chi connectivity index (χ3v) is 7.94. The number of carbonyl (C=O) groups is 2. The molecule has 1 amide bonds. The molecule has 2 N–H and O–H groups in total. The molecule has 1 saturated heterocycles. The molecule has 4 rings (SSSR count). The number of fused-ring (bicyclic) bond motifs is 1. The van der Waals surface area contributed by atoms with Crippen molar-refractivity contribution >= 4 is 11.9 Å². The van der Waals surface area contributed by atoms with Crippen LogP contribution in [-0.2, 0) is 9.59 Å². The van der Waals surface area contributed by atoms with Crippen molar-refractivity contribution in [3.8, 4) is 28.7 Å². The minimum Gasteiger partial charge on any atom is -0.493 e. The molecule has 2 aromatic rings. The lowest BCUT2D eigenvalue weighted by atomic mass is 9.84. The predicted octanol–water partition coefficient (Wildman–Crippen LogP) is 3.38. The second kappa shape index (κ2) is 15.0. The molecule has 0 saturated carbocycles. The smallest absolute Gasteiger partial charge is 0.308 e. The zero-order valence-electron chi connectivity index (χ0n) is 24.6. The van der Waals surface area contributed by atoms with E-state index in [4.69, 9.17) is 23.7 Å². The molecule has 1 fully saturated rings. The fourth-order valence-corrected chi connectivity index (χ4v) is 5.83. The number of carboxylic acids is 1. The molecule has 0 aliphatic carbocycles. The monoisotopic (exact) mass is 586 g/mol. The van der Waals surface area contributed by atoms with Gasteiger partial charge in [-0.25, -0.2) is 0 Å². The number of aliphatic carboxylic acids is 1. The Morgan fingerprint density at radius 1 is 1.05 bits per heavy atom. The number of hydrogen-bond acceptors (Lipinski definition) is 9. The lowest BCUT2D eigenvalue weighted by molar-refractivity contribution is -0.144. The molecule has 11 nitrogen and oxygen atoms in total. The molecule has 230 valence electrons. The van der Waals surface area contributed by atoms with E-state index >= 15 is 0 Å². The average molecular weight is 587 g/mol. The third kappa shape index (κ3) is 7.19. The van der Waals surface area contributed by atoms with Gasteiger partial charge in [-0.1, -0.05) is 25.5 Å². The van der Waals surface area contributed by atoms with Gasteiger partial charge in [0.05, 0.1) is 33.3 Å². The number of rotatable bonds is 16. The van der Waals surface area contributed by atoms with Crippen LogP contribution in [0.5, 0.6) is 28.7 Å². The Kier molecular flexibility index (Phi) is 11.1. The molecule has 2 aliphatic heterocycles. The number of benzene rings is 2. The number of unbranched alkanes of at least 4 members (excludes halogenated alkanes) is 1. The van der Waals surface area contributed by atoms with Crippen molar-refractivity contribution in [1.29, 1.82) is 0 Å². The molecule has 0 spiro atoms. The van der Waals surface area contributed by atoms with Crippen LogP contribution >= 0.6 is 0 Å². The zero-order chi connectivity index (χ0) is 30.1. The highest BCUT2D eigenvalue weighted by atomic mass is 16.7. The van der Waals surface area contributed by atoms with Crippen LogP contribution in [0.4, 0.5) is 0 Å². The summed E-state index contributed by atoms with van der Waals surface area (Å²) in [6.45, 7) is 3.83. The summed E-state index contributed by atoms with van der Waals surface area (Å²) in [6, 6.07) is 10.4. The number of amides is 1. The summed E-state index contributed by atoms with van der Waals surface area (Å²) in [6.07, 6.45) is 2.66. The Morgan fingerprint density at radius 3 is 2.48 bits per heavy atom. The number of para-hydroxylation sites is 2. The summed E-state index contributed by atoms with van der Waals surface area (Å²) in [5.74, 6) is 0.360. The normalized spacial score (nSPS) is 19.5. The molecule has 0 aromatic heterocycles. The SMILES string of the molecule is CCCCN(CCCO)C(=O)CN1C[C@H](c2cc(OC)c3c(c2)OCO3)[C@@H](C(=O)O)[C@@H]1CCOc1ccccc1OC. The van der Waals surface area contributed by atoms with Gasteiger partial charge in [0, 0.05) is 38.2 Å². The highest BCUT2D eigenvalue weighted by Crippen LogP contribution is 2.47. The van der Waals surface area contributed by atoms with E-state index in [0.717, 1.165) is 18.4 Å². The number of hydrogen-bond donors (Lipinski definition) is 2. The summed E-state index contributed by atoms with van der Waals surface area (Å²) >= 11 is 0. The second-order valence-electron chi connectivity index (χ2n) is 10.5. The summed E-state index contributed by atoms with van der Waals surface area (Å²) in [5.41, 5.74) is 0.747. The van der Waals surface area contributed by atoms with Gasteiger partial charge in [0.1, 0.15) is 0 Å². The Hall–Kier alpha value is -3.70. The van der Waals surface area contributed by atoms with Crippen LogP contribution < -0.4 is 23.7 Å². The van der Waals surface area contributed by atoms with Crippen LogP contribution in [0, 0.1) is 5.92 Å². The number of aliphatic hydroxyl groups excluding tert-OH is 1. The van der Waals surface area contributed by atoms with E-state index in [9.17, 15) is 19.8 Å². The van der Waals surface area contributed by atoms with Crippen molar-refractivity contribution in [3.05, 3.63) is 42.0 Å². The quantitative estimate of drug-likeness (QED) is 0.302. The minimum absolute atomic E-state index is 0.00234. The van der Waals surface area contributed by atoms with E-state index in [1.807, 2.05) is 23.1 Å². The largest absolute Gasteiger partial charge is 0.493 e. The summed E-state index contributed by atoms with van der Waals surface area (Å²) < 4.78 is 28.1. The van der Waals surface area contributed by atoms with E-state index in [2.05, 4.69) is 6.92 Å². The van der Waals surface area contributed by atoms with Crippen molar-refractivity contribution < 1.29 is 43.5 Å². The van der Waals surface area contributed by atoms with Crippen LogP contribution in [-0.4, -0.2) is 98.3 Å². The van der Waals surface area contributed by atoms with E-state index < -0.39 is 23.8 Å². The summed E-state index contributed by atoms with van der Waals surface area (Å²) in [7, 11) is 3.10. The lowest BCUT2D eigenvalue weighted by Crippen LogP contribution is -2.45. The van der Waals surface area contributed by atoms with Gasteiger partial charge in [0.25, 0.3) is 0 Å². The fraction of sp³-hybridized carbons (Fsp3) is 0.548. The third-order valence-electron chi connectivity index (χ3n) is 7.94. The van der Waals surface area contributed by atoms with Crippen LogP contribution in [0.15, 0.2) is 36.4 Å². The molecular weight excluding hydrogens is 544 g/mol. The molecule has 2 aliphatic rings. The molecule has 0 bridgehead atoms. The van der Waals surface area contributed by atoms with E-state index in [1.165, 1.54) is 7.11 Å². The molecule has 42 heavy (non-hydrogen) atoms. The highest BCUT2D eigenvalue weighted by Gasteiger charge is 2.47.